The SMILES string of the molecule is Cc1ccc(-n2nnnc2SCC(=O)NCCc2ccc(F)cc2)c(C)c1. The molecule has 6 nitrogen and oxygen atoms in total. The van der Waals surface area contributed by atoms with Crippen molar-refractivity contribution >= 4 is 17.7 Å². The van der Waals surface area contributed by atoms with Gasteiger partial charge in [0.15, 0.2) is 0 Å². The number of hydrogen-bond donors (Lipinski definition) is 1. The molecule has 0 aliphatic heterocycles. The van der Waals surface area contributed by atoms with Crippen molar-refractivity contribution in [3.8, 4) is 5.69 Å². The number of thioether (sulfide) groups is 1. The predicted molar refractivity (Wildman–Crippen MR) is 102 cm³/mol. The van der Waals surface area contributed by atoms with Crippen molar-refractivity contribution in [2.24, 2.45) is 0 Å². The van der Waals surface area contributed by atoms with E-state index in [2.05, 4.69) is 26.9 Å². The lowest BCUT2D eigenvalue weighted by molar-refractivity contribution is -0.118. The molecule has 0 atom stereocenters. The maximum Gasteiger partial charge on any atom is 0.230 e. The number of aryl methyl sites for hydroxylation is 2. The minimum absolute atomic E-state index is 0.0997. The van der Waals surface area contributed by atoms with Crippen molar-refractivity contribution in [1.82, 2.24) is 25.5 Å². The Morgan fingerprint density at radius 1 is 1.19 bits per heavy atom. The van der Waals surface area contributed by atoms with Gasteiger partial charge in [0.2, 0.25) is 11.1 Å². The zero-order valence-corrected chi connectivity index (χ0v) is 16.0. The summed E-state index contributed by atoms with van der Waals surface area (Å²) in [5.41, 5.74) is 4.10. The van der Waals surface area contributed by atoms with Crippen molar-refractivity contribution < 1.29 is 9.18 Å². The summed E-state index contributed by atoms with van der Waals surface area (Å²) in [6.07, 6.45) is 0.650. The van der Waals surface area contributed by atoms with E-state index in [4.69, 9.17) is 0 Å². The number of nitrogens with one attached hydrogen (secondary N) is 1. The monoisotopic (exact) mass is 385 g/mol. The van der Waals surface area contributed by atoms with Crippen molar-refractivity contribution in [2.45, 2.75) is 25.4 Å². The van der Waals surface area contributed by atoms with Crippen molar-refractivity contribution in [1.29, 1.82) is 0 Å². The van der Waals surface area contributed by atoms with Crippen LogP contribution in [0.4, 0.5) is 4.39 Å². The highest BCUT2D eigenvalue weighted by Crippen LogP contribution is 2.21. The normalized spacial score (nSPS) is 10.8. The Kier molecular flexibility index (Phi) is 6.18. The maximum atomic E-state index is 12.9. The Hall–Kier alpha value is -2.74. The van der Waals surface area contributed by atoms with Gasteiger partial charge in [-0.3, -0.25) is 4.79 Å². The number of benzene rings is 2. The third-order valence-corrected chi connectivity index (χ3v) is 4.92. The van der Waals surface area contributed by atoms with Crippen LogP contribution < -0.4 is 5.32 Å². The highest BCUT2D eigenvalue weighted by atomic mass is 32.2. The summed E-state index contributed by atoms with van der Waals surface area (Å²) in [4.78, 5) is 12.1. The number of hydrogen-bond acceptors (Lipinski definition) is 5. The number of rotatable bonds is 7. The van der Waals surface area contributed by atoms with Gasteiger partial charge in [-0.1, -0.05) is 41.6 Å². The third-order valence-electron chi connectivity index (χ3n) is 4.00. The summed E-state index contributed by atoms with van der Waals surface area (Å²) in [5, 5.41) is 15.2. The molecule has 0 fully saturated rings. The van der Waals surface area contributed by atoms with E-state index in [1.165, 1.54) is 29.5 Å². The first-order valence-electron chi connectivity index (χ1n) is 8.53. The van der Waals surface area contributed by atoms with Gasteiger partial charge in [0.25, 0.3) is 0 Å². The molecule has 1 aromatic heterocycles. The summed E-state index contributed by atoms with van der Waals surface area (Å²) >= 11 is 1.28. The molecule has 2 aromatic carbocycles. The molecule has 3 aromatic rings. The van der Waals surface area contributed by atoms with Crippen molar-refractivity contribution in [3.63, 3.8) is 0 Å². The molecule has 140 valence electrons. The predicted octanol–water partition coefficient (Wildman–Crippen LogP) is 2.87. The largest absolute Gasteiger partial charge is 0.355 e. The standard InChI is InChI=1S/C19H20FN5OS/c1-13-3-8-17(14(2)11-13)25-19(22-23-24-25)27-12-18(26)21-10-9-15-4-6-16(20)7-5-15/h3-8,11H,9-10,12H2,1-2H3,(H,21,26). The molecule has 0 unspecified atom stereocenters. The molecule has 0 bridgehead atoms. The smallest absolute Gasteiger partial charge is 0.230 e. The quantitative estimate of drug-likeness (QED) is 0.633. The van der Waals surface area contributed by atoms with E-state index in [0.29, 0.717) is 18.1 Å². The van der Waals surface area contributed by atoms with Crippen LogP contribution in [0.5, 0.6) is 0 Å². The number of carbonyl (C=O) groups excluding carboxylic acids is 1. The summed E-state index contributed by atoms with van der Waals surface area (Å²) < 4.78 is 14.5. The first kappa shape index (κ1) is 19.0. The van der Waals surface area contributed by atoms with Gasteiger partial charge in [-0.15, -0.1) is 5.10 Å². The Balaban J connectivity index is 1.52. The topological polar surface area (TPSA) is 72.7 Å². The van der Waals surface area contributed by atoms with Crippen LogP contribution in [0, 0.1) is 19.7 Å². The Bertz CT molecular complexity index is 926. The molecule has 1 heterocycles. The van der Waals surface area contributed by atoms with Gasteiger partial charge < -0.3 is 5.32 Å². The zero-order valence-electron chi connectivity index (χ0n) is 15.1. The maximum absolute atomic E-state index is 12.9. The number of amides is 1. The van der Waals surface area contributed by atoms with Crippen LogP contribution in [0.15, 0.2) is 47.6 Å². The van der Waals surface area contributed by atoms with Gasteiger partial charge in [0.1, 0.15) is 5.82 Å². The molecule has 0 aliphatic carbocycles. The average molecular weight is 385 g/mol. The van der Waals surface area contributed by atoms with E-state index in [-0.39, 0.29) is 17.5 Å². The lowest BCUT2D eigenvalue weighted by Crippen LogP contribution is -2.27. The highest BCUT2D eigenvalue weighted by Gasteiger charge is 2.13. The fourth-order valence-corrected chi connectivity index (χ4v) is 3.36. The summed E-state index contributed by atoms with van der Waals surface area (Å²) in [6.45, 7) is 4.52. The van der Waals surface area contributed by atoms with E-state index in [9.17, 15) is 9.18 Å². The molecule has 27 heavy (non-hydrogen) atoms. The van der Waals surface area contributed by atoms with E-state index in [1.54, 1.807) is 16.8 Å². The van der Waals surface area contributed by atoms with Crippen LogP contribution in [0.1, 0.15) is 16.7 Å². The van der Waals surface area contributed by atoms with Gasteiger partial charge in [0.05, 0.1) is 11.4 Å². The molecule has 0 saturated carbocycles. The minimum atomic E-state index is -0.263. The fraction of sp³-hybridized carbons (Fsp3) is 0.263. The lowest BCUT2D eigenvalue weighted by atomic mass is 10.1. The molecule has 8 heteroatoms. The molecule has 0 spiro atoms. The Morgan fingerprint density at radius 3 is 2.70 bits per heavy atom. The second-order valence-electron chi connectivity index (χ2n) is 6.18. The fourth-order valence-electron chi connectivity index (χ4n) is 2.64. The van der Waals surface area contributed by atoms with Gasteiger partial charge in [0, 0.05) is 6.54 Å². The number of nitrogens with zero attached hydrogens (tertiary/aromatic N) is 4. The van der Waals surface area contributed by atoms with E-state index >= 15 is 0 Å². The molecule has 1 amide bonds. The molecule has 3 rings (SSSR count). The molecular weight excluding hydrogens is 365 g/mol. The molecule has 0 radical (unpaired) electrons. The average Bonchev–Trinajstić information content (AvgIpc) is 3.10. The van der Waals surface area contributed by atoms with Gasteiger partial charge in [-0.25, -0.2) is 4.39 Å². The molecule has 0 saturated heterocycles. The number of carbonyl (C=O) groups is 1. The van der Waals surface area contributed by atoms with Crippen LogP contribution in [-0.4, -0.2) is 38.4 Å². The molecule has 0 aliphatic rings. The van der Waals surface area contributed by atoms with Gasteiger partial charge >= 0.3 is 0 Å². The van der Waals surface area contributed by atoms with Crippen LogP contribution in [0.2, 0.25) is 0 Å². The number of aromatic nitrogens is 4. The first-order valence-corrected chi connectivity index (χ1v) is 9.51. The summed E-state index contributed by atoms with van der Waals surface area (Å²) in [6, 6.07) is 12.3. The van der Waals surface area contributed by atoms with Crippen molar-refractivity contribution in [3.05, 3.63) is 65.0 Å². The molecular formula is C19H20FN5OS. The second-order valence-corrected chi connectivity index (χ2v) is 7.12. The van der Waals surface area contributed by atoms with E-state index in [1.807, 2.05) is 26.0 Å². The zero-order chi connectivity index (χ0) is 19.2. The highest BCUT2D eigenvalue weighted by molar-refractivity contribution is 7.99. The third kappa shape index (κ3) is 5.13. The van der Waals surface area contributed by atoms with Crippen LogP contribution >= 0.6 is 11.8 Å². The lowest BCUT2D eigenvalue weighted by Gasteiger charge is -2.08. The van der Waals surface area contributed by atoms with Gasteiger partial charge in [-0.05, 0) is 60.0 Å². The van der Waals surface area contributed by atoms with E-state index < -0.39 is 0 Å². The number of halogens is 1. The summed E-state index contributed by atoms with van der Waals surface area (Å²) in [5.74, 6) is -0.146. The number of tetrazole rings is 1. The Labute approximate surface area is 161 Å². The molecule has 1 N–H and O–H groups in total. The van der Waals surface area contributed by atoms with Crippen LogP contribution in [-0.2, 0) is 11.2 Å². The first-order chi connectivity index (χ1) is 13.0. The van der Waals surface area contributed by atoms with Crippen molar-refractivity contribution in [2.75, 3.05) is 12.3 Å². The second kappa shape index (κ2) is 8.77. The van der Waals surface area contributed by atoms with Crippen LogP contribution in [0.3, 0.4) is 0 Å². The summed E-state index contributed by atoms with van der Waals surface area (Å²) in [7, 11) is 0. The van der Waals surface area contributed by atoms with E-state index in [0.717, 1.165) is 16.8 Å². The van der Waals surface area contributed by atoms with Crippen LogP contribution in [0.25, 0.3) is 5.69 Å². The van der Waals surface area contributed by atoms with Gasteiger partial charge in [-0.2, -0.15) is 4.68 Å². The Morgan fingerprint density at radius 2 is 1.96 bits per heavy atom. The minimum Gasteiger partial charge on any atom is -0.355 e.